The van der Waals surface area contributed by atoms with Crippen LogP contribution in [0.15, 0.2) is 24.3 Å². The number of hydrogen-bond donors (Lipinski definition) is 2. The summed E-state index contributed by atoms with van der Waals surface area (Å²) in [5.41, 5.74) is 1.30. The second-order valence-electron chi connectivity index (χ2n) is 5.73. The zero-order valence-electron chi connectivity index (χ0n) is 12.9. The maximum Gasteiger partial charge on any atom is 0.251 e. The number of rotatable bonds is 5. The Kier molecular flexibility index (Phi) is 5.74. The van der Waals surface area contributed by atoms with Gasteiger partial charge in [0.15, 0.2) is 0 Å². The molecular weight excluding hydrogens is 252 g/mol. The van der Waals surface area contributed by atoms with Gasteiger partial charge < -0.3 is 10.6 Å². The molecule has 4 heteroatoms. The molecule has 0 bridgehead atoms. The zero-order valence-corrected chi connectivity index (χ0v) is 12.9. The van der Waals surface area contributed by atoms with Crippen molar-refractivity contribution >= 4 is 17.5 Å². The van der Waals surface area contributed by atoms with Crippen molar-refractivity contribution < 1.29 is 9.59 Å². The molecule has 0 aliphatic rings. The molecule has 20 heavy (non-hydrogen) atoms. The predicted octanol–water partition coefficient (Wildman–Crippen LogP) is 3.06. The van der Waals surface area contributed by atoms with Crippen molar-refractivity contribution in [2.45, 2.75) is 40.7 Å². The summed E-state index contributed by atoms with van der Waals surface area (Å²) in [4.78, 5) is 23.6. The Labute approximate surface area is 121 Å². The molecule has 1 aromatic rings. The quantitative estimate of drug-likeness (QED) is 0.868. The molecule has 4 nitrogen and oxygen atoms in total. The van der Waals surface area contributed by atoms with Crippen LogP contribution >= 0.6 is 0 Å². The van der Waals surface area contributed by atoms with Crippen LogP contribution in [0.25, 0.3) is 0 Å². The van der Waals surface area contributed by atoms with Crippen molar-refractivity contribution in [2.24, 2.45) is 11.8 Å². The Hall–Kier alpha value is -1.84. The number of benzene rings is 1. The lowest BCUT2D eigenvalue weighted by Gasteiger charge is -2.17. The molecule has 1 unspecified atom stereocenters. The summed E-state index contributed by atoms with van der Waals surface area (Å²) >= 11 is 0. The van der Waals surface area contributed by atoms with Crippen LogP contribution in [-0.2, 0) is 4.79 Å². The number of nitrogens with one attached hydrogen (secondary N) is 2. The van der Waals surface area contributed by atoms with Gasteiger partial charge in [0.05, 0.1) is 0 Å². The first-order chi connectivity index (χ1) is 9.31. The van der Waals surface area contributed by atoms with Gasteiger partial charge >= 0.3 is 0 Å². The Morgan fingerprint density at radius 1 is 0.950 bits per heavy atom. The van der Waals surface area contributed by atoms with E-state index in [4.69, 9.17) is 0 Å². The summed E-state index contributed by atoms with van der Waals surface area (Å²) in [6.45, 7) is 9.79. The Morgan fingerprint density at radius 3 is 1.95 bits per heavy atom. The molecule has 0 heterocycles. The monoisotopic (exact) mass is 276 g/mol. The number of hydrogen-bond acceptors (Lipinski definition) is 2. The number of amides is 2. The van der Waals surface area contributed by atoms with Gasteiger partial charge in [0, 0.05) is 23.2 Å². The maximum atomic E-state index is 12.0. The van der Waals surface area contributed by atoms with Crippen LogP contribution in [-0.4, -0.2) is 17.9 Å². The van der Waals surface area contributed by atoms with Gasteiger partial charge in [-0.1, -0.05) is 27.7 Å². The second-order valence-corrected chi connectivity index (χ2v) is 5.73. The van der Waals surface area contributed by atoms with E-state index in [2.05, 4.69) is 24.5 Å². The van der Waals surface area contributed by atoms with Crippen LogP contribution < -0.4 is 10.6 Å². The lowest BCUT2D eigenvalue weighted by molar-refractivity contribution is -0.118. The van der Waals surface area contributed by atoms with Gasteiger partial charge in [-0.25, -0.2) is 0 Å². The van der Waals surface area contributed by atoms with Gasteiger partial charge in [-0.2, -0.15) is 0 Å². The van der Waals surface area contributed by atoms with Crippen LogP contribution in [0.3, 0.4) is 0 Å². The molecule has 0 saturated heterocycles. The molecule has 0 saturated carbocycles. The van der Waals surface area contributed by atoms with Crippen molar-refractivity contribution in [3.05, 3.63) is 29.8 Å². The third-order valence-electron chi connectivity index (χ3n) is 3.30. The smallest absolute Gasteiger partial charge is 0.251 e. The first-order valence-corrected chi connectivity index (χ1v) is 7.03. The number of carbonyl (C=O) groups excluding carboxylic acids is 2. The van der Waals surface area contributed by atoms with E-state index in [0.717, 1.165) is 0 Å². The molecular formula is C16H24N2O2. The highest BCUT2D eigenvalue weighted by Crippen LogP contribution is 2.11. The Bertz CT molecular complexity index is 464. The van der Waals surface area contributed by atoms with Gasteiger partial charge in [0.1, 0.15) is 0 Å². The largest absolute Gasteiger partial charge is 0.349 e. The molecule has 1 aromatic carbocycles. The number of anilines is 1. The molecule has 2 N–H and O–H groups in total. The van der Waals surface area contributed by atoms with Crippen LogP contribution in [0.4, 0.5) is 5.69 Å². The Balaban J connectivity index is 2.66. The summed E-state index contributed by atoms with van der Waals surface area (Å²) in [5.74, 6) is 0.206. The van der Waals surface area contributed by atoms with E-state index in [9.17, 15) is 9.59 Å². The van der Waals surface area contributed by atoms with E-state index < -0.39 is 0 Å². The summed E-state index contributed by atoms with van der Waals surface area (Å²) in [6.07, 6.45) is 0. The van der Waals surface area contributed by atoms with Gasteiger partial charge in [-0.05, 0) is 37.1 Å². The van der Waals surface area contributed by atoms with Crippen molar-refractivity contribution in [1.82, 2.24) is 5.32 Å². The van der Waals surface area contributed by atoms with Crippen molar-refractivity contribution in [2.75, 3.05) is 5.32 Å². The van der Waals surface area contributed by atoms with E-state index >= 15 is 0 Å². The third kappa shape index (κ3) is 4.68. The van der Waals surface area contributed by atoms with E-state index in [1.54, 1.807) is 24.3 Å². The summed E-state index contributed by atoms with van der Waals surface area (Å²) < 4.78 is 0. The minimum atomic E-state index is -0.0899. The topological polar surface area (TPSA) is 58.2 Å². The highest BCUT2D eigenvalue weighted by molar-refractivity contribution is 5.96. The van der Waals surface area contributed by atoms with E-state index in [1.807, 2.05) is 20.8 Å². The fourth-order valence-corrected chi connectivity index (χ4v) is 1.45. The molecule has 2 amide bonds. The lowest BCUT2D eigenvalue weighted by atomic mass is 10.1. The molecule has 110 valence electrons. The van der Waals surface area contributed by atoms with Crippen molar-refractivity contribution in [3.8, 4) is 0 Å². The fraction of sp³-hybridized carbons (Fsp3) is 0.500. The lowest BCUT2D eigenvalue weighted by Crippen LogP contribution is -2.36. The fourth-order valence-electron chi connectivity index (χ4n) is 1.45. The van der Waals surface area contributed by atoms with Crippen LogP contribution in [0.1, 0.15) is 45.0 Å². The van der Waals surface area contributed by atoms with Crippen LogP contribution in [0.2, 0.25) is 0 Å². The van der Waals surface area contributed by atoms with Gasteiger partial charge in [-0.15, -0.1) is 0 Å². The minimum absolute atomic E-state index is 0.0318. The average molecular weight is 276 g/mol. The van der Waals surface area contributed by atoms with Gasteiger partial charge in [0.2, 0.25) is 5.91 Å². The third-order valence-corrected chi connectivity index (χ3v) is 3.30. The first kappa shape index (κ1) is 16.2. The van der Waals surface area contributed by atoms with Crippen LogP contribution in [0, 0.1) is 11.8 Å². The summed E-state index contributed by atoms with van der Waals surface area (Å²) in [7, 11) is 0. The second kappa shape index (κ2) is 7.08. The minimum Gasteiger partial charge on any atom is -0.349 e. The number of carbonyl (C=O) groups is 2. The SMILES string of the molecule is CC(C)C(=O)Nc1ccc(C(=O)NC(C)C(C)C)cc1. The molecule has 0 aromatic heterocycles. The first-order valence-electron chi connectivity index (χ1n) is 7.03. The maximum absolute atomic E-state index is 12.0. The summed E-state index contributed by atoms with van der Waals surface area (Å²) in [6, 6.07) is 7.06. The van der Waals surface area contributed by atoms with Crippen LogP contribution in [0.5, 0.6) is 0 Å². The van der Waals surface area contributed by atoms with Crippen molar-refractivity contribution in [3.63, 3.8) is 0 Å². The Morgan fingerprint density at radius 2 is 1.50 bits per heavy atom. The predicted molar refractivity (Wildman–Crippen MR) is 81.7 cm³/mol. The molecule has 0 radical (unpaired) electrons. The molecule has 0 aliphatic heterocycles. The zero-order chi connectivity index (χ0) is 15.3. The average Bonchev–Trinajstić information content (AvgIpc) is 2.39. The van der Waals surface area contributed by atoms with E-state index in [1.165, 1.54) is 0 Å². The van der Waals surface area contributed by atoms with Gasteiger partial charge in [0.25, 0.3) is 5.91 Å². The molecule has 0 spiro atoms. The highest BCUT2D eigenvalue weighted by atomic mass is 16.2. The molecule has 1 atom stereocenters. The van der Waals surface area contributed by atoms with E-state index in [-0.39, 0.29) is 23.8 Å². The summed E-state index contributed by atoms with van der Waals surface area (Å²) in [5, 5.41) is 5.74. The molecule has 1 rings (SSSR count). The standard InChI is InChI=1S/C16H24N2O2/c1-10(2)12(5)17-16(20)13-6-8-14(9-7-13)18-15(19)11(3)4/h6-12H,1-5H3,(H,17,20)(H,18,19). The molecule has 0 aliphatic carbocycles. The molecule has 0 fully saturated rings. The van der Waals surface area contributed by atoms with E-state index in [0.29, 0.717) is 17.2 Å². The van der Waals surface area contributed by atoms with Crippen molar-refractivity contribution in [1.29, 1.82) is 0 Å². The van der Waals surface area contributed by atoms with Gasteiger partial charge in [-0.3, -0.25) is 9.59 Å². The highest BCUT2D eigenvalue weighted by Gasteiger charge is 2.13. The normalized spacial score (nSPS) is 12.3.